The maximum Gasteiger partial charge on any atom is 0.242 e. The van der Waals surface area contributed by atoms with Crippen LogP contribution in [0.5, 0.6) is 0 Å². The zero-order valence-electron chi connectivity index (χ0n) is 12.6. The zero-order valence-corrected chi connectivity index (χ0v) is 13.4. The molecule has 0 aliphatic carbocycles. The molecule has 1 atom stereocenters. The Morgan fingerprint density at radius 3 is 2.53 bits per heavy atom. The van der Waals surface area contributed by atoms with E-state index in [4.69, 9.17) is 17.0 Å². The van der Waals surface area contributed by atoms with Gasteiger partial charge in [0.25, 0.3) is 0 Å². The van der Waals surface area contributed by atoms with Crippen LogP contribution in [0, 0.1) is 0 Å². The Labute approximate surface area is 121 Å². The van der Waals surface area contributed by atoms with E-state index >= 15 is 0 Å². The highest BCUT2D eigenvalue weighted by Gasteiger charge is 2.19. The molecule has 19 heavy (non-hydrogen) atoms. The molecule has 0 saturated carbocycles. The standard InChI is InChI=1S/C13H27N3O2S/c1-6-18-9-7-8-14-12(19)15-10(2)11(17)16-13(3,4)5/h10H,6-9H2,1-5H3,(H,16,17)(H2,14,15,19). The molecule has 0 rings (SSSR count). The van der Waals surface area contributed by atoms with Crippen molar-refractivity contribution in [2.24, 2.45) is 0 Å². The zero-order chi connectivity index (χ0) is 14.9. The summed E-state index contributed by atoms with van der Waals surface area (Å²) in [5.74, 6) is -0.0639. The van der Waals surface area contributed by atoms with E-state index < -0.39 is 0 Å². The summed E-state index contributed by atoms with van der Waals surface area (Å²) in [5, 5.41) is 9.40. The fraction of sp³-hybridized carbons (Fsp3) is 0.846. The van der Waals surface area contributed by atoms with Gasteiger partial charge in [-0.15, -0.1) is 0 Å². The van der Waals surface area contributed by atoms with Crippen molar-refractivity contribution >= 4 is 23.2 Å². The first-order valence-electron chi connectivity index (χ1n) is 6.70. The van der Waals surface area contributed by atoms with E-state index in [-0.39, 0.29) is 17.5 Å². The third-order valence-electron chi connectivity index (χ3n) is 2.19. The fourth-order valence-electron chi connectivity index (χ4n) is 1.31. The Kier molecular flexibility index (Phi) is 8.67. The van der Waals surface area contributed by atoms with Gasteiger partial charge in [-0.1, -0.05) is 0 Å². The van der Waals surface area contributed by atoms with Gasteiger partial charge in [0, 0.05) is 25.3 Å². The summed E-state index contributed by atoms with van der Waals surface area (Å²) in [4.78, 5) is 11.8. The number of carbonyl (C=O) groups is 1. The topological polar surface area (TPSA) is 62.4 Å². The Morgan fingerprint density at radius 2 is 2.00 bits per heavy atom. The van der Waals surface area contributed by atoms with Crippen molar-refractivity contribution in [3.8, 4) is 0 Å². The second kappa shape index (κ2) is 9.09. The van der Waals surface area contributed by atoms with Gasteiger partial charge < -0.3 is 20.7 Å². The van der Waals surface area contributed by atoms with E-state index in [1.807, 2.05) is 27.7 Å². The molecule has 112 valence electrons. The number of thiocarbonyl (C=S) groups is 1. The predicted molar refractivity (Wildman–Crippen MR) is 82.2 cm³/mol. The lowest BCUT2D eigenvalue weighted by Crippen LogP contribution is -2.52. The van der Waals surface area contributed by atoms with Crippen molar-refractivity contribution in [2.45, 2.75) is 52.6 Å². The second-order valence-electron chi connectivity index (χ2n) is 5.41. The Balaban J connectivity index is 3.83. The average Bonchev–Trinajstić information content (AvgIpc) is 2.26. The summed E-state index contributed by atoms with van der Waals surface area (Å²) >= 11 is 5.13. The number of ether oxygens (including phenoxy) is 1. The number of amides is 1. The molecule has 0 aliphatic heterocycles. The van der Waals surface area contributed by atoms with Gasteiger partial charge in [-0.05, 0) is 53.3 Å². The lowest BCUT2D eigenvalue weighted by Gasteiger charge is -2.24. The van der Waals surface area contributed by atoms with Crippen molar-refractivity contribution in [3.05, 3.63) is 0 Å². The van der Waals surface area contributed by atoms with Gasteiger partial charge in [-0.25, -0.2) is 0 Å². The lowest BCUT2D eigenvalue weighted by molar-refractivity contribution is -0.123. The van der Waals surface area contributed by atoms with Gasteiger partial charge in [-0.2, -0.15) is 0 Å². The van der Waals surface area contributed by atoms with Crippen molar-refractivity contribution in [3.63, 3.8) is 0 Å². The lowest BCUT2D eigenvalue weighted by atomic mass is 10.1. The summed E-state index contributed by atoms with van der Waals surface area (Å²) < 4.78 is 5.22. The molecule has 0 fully saturated rings. The molecule has 1 amide bonds. The molecule has 3 N–H and O–H groups in total. The fourth-order valence-corrected chi connectivity index (χ4v) is 1.59. The van der Waals surface area contributed by atoms with Crippen molar-refractivity contribution in [2.75, 3.05) is 19.8 Å². The Hall–Kier alpha value is -0.880. The van der Waals surface area contributed by atoms with E-state index in [0.29, 0.717) is 11.7 Å². The molecule has 0 saturated heterocycles. The molecule has 6 heteroatoms. The number of carbonyl (C=O) groups excluding carboxylic acids is 1. The van der Waals surface area contributed by atoms with E-state index in [1.165, 1.54) is 0 Å². The first-order chi connectivity index (χ1) is 8.76. The Bertz CT molecular complexity index is 290. The SMILES string of the molecule is CCOCCCNC(=S)NC(C)C(=O)NC(C)(C)C. The van der Waals surface area contributed by atoms with E-state index in [9.17, 15) is 4.79 Å². The van der Waals surface area contributed by atoms with Gasteiger partial charge in [-0.3, -0.25) is 4.79 Å². The summed E-state index contributed by atoms with van der Waals surface area (Å²) in [6.45, 7) is 11.8. The normalized spacial score (nSPS) is 12.7. The van der Waals surface area contributed by atoms with Crippen LogP contribution < -0.4 is 16.0 Å². The summed E-state index contributed by atoms with van der Waals surface area (Å²) in [6.07, 6.45) is 0.887. The highest BCUT2D eigenvalue weighted by Crippen LogP contribution is 1.99. The van der Waals surface area contributed by atoms with Crippen LogP contribution in [0.15, 0.2) is 0 Å². The quantitative estimate of drug-likeness (QED) is 0.485. The van der Waals surface area contributed by atoms with E-state index in [0.717, 1.165) is 19.6 Å². The summed E-state index contributed by atoms with van der Waals surface area (Å²) in [7, 11) is 0. The minimum absolute atomic E-state index is 0.0639. The molecule has 0 radical (unpaired) electrons. The van der Waals surface area contributed by atoms with Crippen LogP contribution in [0.25, 0.3) is 0 Å². The van der Waals surface area contributed by atoms with Crippen LogP contribution in [-0.2, 0) is 9.53 Å². The summed E-state index contributed by atoms with van der Waals surface area (Å²) in [6, 6.07) is -0.355. The minimum atomic E-state index is -0.355. The third kappa shape index (κ3) is 10.7. The average molecular weight is 289 g/mol. The molecule has 0 bridgehead atoms. The molecule has 0 aliphatic rings. The van der Waals surface area contributed by atoms with Crippen LogP contribution in [0.4, 0.5) is 0 Å². The smallest absolute Gasteiger partial charge is 0.242 e. The van der Waals surface area contributed by atoms with Gasteiger partial charge in [0.05, 0.1) is 0 Å². The second-order valence-corrected chi connectivity index (χ2v) is 5.82. The number of hydrogen-bond donors (Lipinski definition) is 3. The molecular weight excluding hydrogens is 262 g/mol. The number of nitrogens with one attached hydrogen (secondary N) is 3. The van der Waals surface area contributed by atoms with Crippen LogP contribution in [0.3, 0.4) is 0 Å². The summed E-state index contributed by atoms with van der Waals surface area (Å²) in [5.41, 5.74) is -0.237. The van der Waals surface area contributed by atoms with Crippen LogP contribution in [0.1, 0.15) is 41.0 Å². The number of hydrogen-bond acceptors (Lipinski definition) is 3. The predicted octanol–water partition coefficient (Wildman–Crippen LogP) is 1.18. The highest BCUT2D eigenvalue weighted by atomic mass is 32.1. The molecular formula is C13H27N3O2S. The molecule has 0 aromatic rings. The van der Waals surface area contributed by atoms with Gasteiger partial charge in [0.1, 0.15) is 6.04 Å². The van der Waals surface area contributed by atoms with Gasteiger partial charge in [0.2, 0.25) is 5.91 Å². The maximum absolute atomic E-state index is 11.8. The Morgan fingerprint density at radius 1 is 1.37 bits per heavy atom. The molecule has 0 aromatic heterocycles. The van der Waals surface area contributed by atoms with Crippen molar-refractivity contribution in [1.82, 2.24) is 16.0 Å². The van der Waals surface area contributed by atoms with Crippen molar-refractivity contribution < 1.29 is 9.53 Å². The van der Waals surface area contributed by atoms with E-state index in [1.54, 1.807) is 6.92 Å². The largest absolute Gasteiger partial charge is 0.382 e. The van der Waals surface area contributed by atoms with Crippen LogP contribution in [-0.4, -0.2) is 42.4 Å². The van der Waals surface area contributed by atoms with Gasteiger partial charge >= 0.3 is 0 Å². The molecule has 0 spiro atoms. The van der Waals surface area contributed by atoms with Crippen molar-refractivity contribution in [1.29, 1.82) is 0 Å². The number of rotatable bonds is 7. The molecule has 1 unspecified atom stereocenters. The monoisotopic (exact) mass is 289 g/mol. The van der Waals surface area contributed by atoms with Gasteiger partial charge in [0.15, 0.2) is 5.11 Å². The third-order valence-corrected chi connectivity index (χ3v) is 2.46. The first-order valence-corrected chi connectivity index (χ1v) is 7.11. The maximum atomic E-state index is 11.8. The molecule has 5 nitrogen and oxygen atoms in total. The van der Waals surface area contributed by atoms with Crippen LogP contribution >= 0.6 is 12.2 Å². The highest BCUT2D eigenvalue weighted by molar-refractivity contribution is 7.80. The van der Waals surface area contributed by atoms with E-state index in [2.05, 4.69) is 16.0 Å². The molecule has 0 heterocycles. The first kappa shape index (κ1) is 18.1. The minimum Gasteiger partial charge on any atom is -0.382 e. The molecule has 0 aromatic carbocycles. The van der Waals surface area contributed by atoms with Crippen LogP contribution in [0.2, 0.25) is 0 Å².